The maximum absolute atomic E-state index is 9.50. The summed E-state index contributed by atoms with van der Waals surface area (Å²) in [5.74, 6) is 2.02. The summed E-state index contributed by atoms with van der Waals surface area (Å²) < 4.78 is 9.50. The van der Waals surface area contributed by atoms with Crippen molar-refractivity contribution in [3.8, 4) is 0 Å². The molecular formula is C20H25FN8. The molecule has 0 saturated heterocycles. The monoisotopic (exact) mass is 396 g/mol. The van der Waals surface area contributed by atoms with Crippen molar-refractivity contribution in [1.82, 2.24) is 30.1 Å². The van der Waals surface area contributed by atoms with Gasteiger partial charge in [-0.25, -0.2) is 9.97 Å². The SMILES string of the molecule is C1CC1.CC(Nc1nccc(Nc2ccn[nH]2)n1)c1ccc2nc[nH]c2c1.CF. The number of benzene rings is 1. The van der Waals surface area contributed by atoms with Gasteiger partial charge in [-0.3, -0.25) is 9.49 Å². The molecule has 29 heavy (non-hydrogen) atoms. The molecule has 1 aromatic carbocycles. The zero-order chi connectivity index (χ0) is 20.5. The van der Waals surface area contributed by atoms with Crippen LogP contribution in [0.15, 0.2) is 49.1 Å². The number of alkyl halides is 1. The van der Waals surface area contributed by atoms with Gasteiger partial charge in [-0.15, -0.1) is 0 Å². The number of anilines is 3. The van der Waals surface area contributed by atoms with Gasteiger partial charge in [-0.1, -0.05) is 25.3 Å². The van der Waals surface area contributed by atoms with Gasteiger partial charge in [-0.2, -0.15) is 10.1 Å². The molecular weight excluding hydrogens is 371 g/mol. The molecule has 9 heteroatoms. The van der Waals surface area contributed by atoms with Gasteiger partial charge in [0.1, 0.15) is 11.6 Å². The van der Waals surface area contributed by atoms with Crippen molar-refractivity contribution in [2.75, 3.05) is 17.8 Å². The Labute approximate surface area is 168 Å². The first-order chi connectivity index (χ1) is 14.3. The molecule has 0 aliphatic heterocycles. The van der Waals surface area contributed by atoms with Crippen molar-refractivity contribution in [1.29, 1.82) is 0 Å². The highest BCUT2D eigenvalue weighted by molar-refractivity contribution is 5.75. The second-order valence-corrected chi connectivity index (χ2v) is 6.47. The zero-order valence-electron chi connectivity index (χ0n) is 16.5. The molecule has 1 unspecified atom stereocenters. The number of H-pyrrole nitrogens is 2. The molecule has 0 amide bonds. The Morgan fingerprint density at radius 2 is 1.86 bits per heavy atom. The standard InChI is InChI=1S/C16H16N8.C3H6.CH3F/c1-10(11-2-3-12-13(8-11)19-9-18-12)21-16-17-6-4-14(23-16)22-15-5-7-20-24-15;1-2-3-1;1-2/h2-10H,1H3,(H,18,19)(H3,17,20,21,22,23,24);1-3H2;1H3. The number of hydrogen-bond acceptors (Lipinski definition) is 6. The van der Waals surface area contributed by atoms with E-state index in [1.807, 2.05) is 18.2 Å². The van der Waals surface area contributed by atoms with Crippen LogP contribution >= 0.6 is 0 Å². The molecule has 1 aliphatic rings. The van der Waals surface area contributed by atoms with Crippen LogP contribution in [0.25, 0.3) is 11.0 Å². The van der Waals surface area contributed by atoms with E-state index in [0.717, 1.165) is 22.4 Å². The summed E-state index contributed by atoms with van der Waals surface area (Å²) in [6.45, 7) is 2.07. The predicted molar refractivity (Wildman–Crippen MR) is 113 cm³/mol. The van der Waals surface area contributed by atoms with E-state index in [4.69, 9.17) is 0 Å². The molecule has 5 rings (SSSR count). The minimum Gasteiger partial charge on any atom is -0.348 e. The van der Waals surface area contributed by atoms with Crippen LogP contribution in [0.3, 0.4) is 0 Å². The normalized spacial score (nSPS) is 12.8. The minimum absolute atomic E-state index is 0.0557. The van der Waals surface area contributed by atoms with E-state index < -0.39 is 0 Å². The van der Waals surface area contributed by atoms with Crippen LogP contribution in [0.4, 0.5) is 22.0 Å². The molecule has 152 valence electrons. The first-order valence-electron chi connectivity index (χ1n) is 9.45. The predicted octanol–water partition coefficient (Wildman–Crippen LogP) is 4.75. The van der Waals surface area contributed by atoms with Crippen molar-refractivity contribution in [3.05, 3.63) is 54.6 Å². The van der Waals surface area contributed by atoms with E-state index in [9.17, 15) is 4.39 Å². The van der Waals surface area contributed by atoms with E-state index in [0.29, 0.717) is 18.9 Å². The largest absolute Gasteiger partial charge is 0.348 e. The third-order valence-electron chi connectivity index (χ3n) is 4.06. The number of imidazole rings is 1. The Morgan fingerprint density at radius 1 is 1.03 bits per heavy atom. The quantitative estimate of drug-likeness (QED) is 0.388. The van der Waals surface area contributed by atoms with Crippen molar-refractivity contribution in [2.45, 2.75) is 32.2 Å². The van der Waals surface area contributed by atoms with Crippen LogP contribution in [-0.4, -0.2) is 37.3 Å². The lowest BCUT2D eigenvalue weighted by Crippen LogP contribution is -2.10. The summed E-state index contributed by atoms with van der Waals surface area (Å²) in [5, 5.41) is 13.2. The Kier molecular flexibility index (Phi) is 7.10. The summed E-state index contributed by atoms with van der Waals surface area (Å²) in [7, 11) is 0.500. The minimum atomic E-state index is 0.0557. The Balaban J connectivity index is 0.000000430. The molecule has 1 fully saturated rings. The summed E-state index contributed by atoms with van der Waals surface area (Å²) in [5.41, 5.74) is 3.09. The summed E-state index contributed by atoms with van der Waals surface area (Å²) >= 11 is 0. The summed E-state index contributed by atoms with van der Waals surface area (Å²) in [6.07, 6.45) is 9.58. The Hall–Kier alpha value is -3.49. The lowest BCUT2D eigenvalue weighted by Gasteiger charge is -2.14. The first-order valence-corrected chi connectivity index (χ1v) is 9.45. The van der Waals surface area contributed by atoms with Gasteiger partial charge in [0.05, 0.1) is 36.8 Å². The molecule has 4 aromatic rings. The Bertz CT molecular complexity index is 994. The summed E-state index contributed by atoms with van der Waals surface area (Å²) in [4.78, 5) is 16.1. The van der Waals surface area contributed by atoms with Crippen LogP contribution in [-0.2, 0) is 0 Å². The van der Waals surface area contributed by atoms with Crippen LogP contribution in [0, 0.1) is 0 Å². The van der Waals surface area contributed by atoms with Gasteiger partial charge < -0.3 is 15.6 Å². The molecule has 4 N–H and O–H groups in total. The molecule has 0 spiro atoms. The van der Waals surface area contributed by atoms with Crippen LogP contribution in [0.5, 0.6) is 0 Å². The van der Waals surface area contributed by atoms with Crippen LogP contribution in [0.2, 0.25) is 0 Å². The number of fused-ring (bicyclic) bond motifs is 1. The van der Waals surface area contributed by atoms with Gasteiger partial charge >= 0.3 is 0 Å². The van der Waals surface area contributed by atoms with E-state index in [2.05, 4.69) is 53.8 Å². The highest BCUT2D eigenvalue weighted by Crippen LogP contribution is 2.21. The van der Waals surface area contributed by atoms with Gasteiger partial charge in [0.25, 0.3) is 0 Å². The van der Waals surface area contributed by atoms with Crippen molar-refractivity contribution in [2.24, 2.45) is 0 Å². The van der Waals surface area contributed by atoms with Gasteiger partial charge in [0, 0.05) is 12.3 Å². The second kappa shape index (κ2) is 10.2. The number of hydrogen-bond donors (Lipinski definition) is 4. The van der Waals surface area contributed by atoms with E-state index in [1.54, 1.807) is 24.8 Å². The van der Waals surface area contributed by atoms with E-state index in [-0.39, 0.29) is 6.04 Å². The third-order valence-corrected chi connectivity index (χ3v) is 4.06. The molecule has 1 saturated carbocycles. The fraction of sp³-hybridized carbons (Fsp3) is 0.300. The number of nitrogens with one attached hydrogen (secondary N) is 4. The molecule has 0 bridgehead atoms. The number of aromatic nitrogens is 6. The fourth-order valence-corrected chi connectivity index (χ4v) is 2.46. The first kappa shape index (κ1) is 20.2. The van der Waals surface area contributed by atoms with E-state index in [1.165, 1.54) is 19.3 Å². The molecule has 3 aromatic heterocycles. The fourth-order valence-electron chi connectivity index (χ4n) is 2.46. The van der Waals surface area contributed by atoms with Crippen molar-refractivity contribution < 1.29 is 4.39 Å². The van der Waals surface area contributed by atoms with E-state index >= 15 is 0 Å². The maximum Gasteiger partial charge on any atom is 0.225 e. The zero-order valence-corrected chi connectivity index (χ0v) is 16.5. The van der Waals surface area contributed by atoms with Gasteiger partial charge in [0.15, 0.2) is 0 Å². The molecule has 1 aliphatic carbocycles. The average Bonchev–Trinajstić information content (AvgIpc) is 3.41. The number of nitrogens with zero attached hydrogens (tertiary/aromatic N) is 4. The van der Waals surface area contributed by atoms with Gasteiger partial charge in [-0.05, 0) is 30.7 Å². The highest BCUT2D eigenvalue weighted by Gasteiger charge is 2.09. The number of halogens is 1. The third kappa shape index (κ3) is 6.00. The molecule has 1 atom stereocenters. The second-order valence-electron chi connectivity index (χ2n) is 6.47. The Morgan fingerprint density at radius 3 is 2.59 bits per heavy atom. The highest BCUT2D eigenvalue weighted by atomic mass is 19.1. The maximum atomic E-state index is 9.50. The summed E-state index contributed by atoms with van der Waals surface area (Å²) in [6, 6.07) is 9.81. The smallest absolute Gasteiger partial charge is 0.225 e. The lowest BCUT2D eigenvalue weighted by molar-refractivity contribution is 0.636. The van der Waals surface area contributed by atoms with Crippen LogP contribution in [0.1, 0.15) is 37.8 Å². The van der Waals surface area contributed by atoms with Crippen molar-refractivity contribution in [3.63, 3.8) is 0 Å². The van der Waals surface area contributed by atoms with Gasteiger partial charge in [0.2, 0.25) is 5.95 Å². The lowest BCUT2D eigenvalue weighted by atomic mass is 10.1. The molecule has 8 nitrogen and oxygen atoms in total. The number of rotatable bonds is 5. The number of aromatic amines is 2. The molecule has 0 radical (unpaired) electrons. The average molecular weight is 396 g/mol. The van der Waals surface area contributed by atoms with Crippen LogP contribution < -0.4 is 10.6 Å². The van der Waals surface area contributed by atoms with Crippen molar-refractivity contribution >= 4 is 28.6 Å². The molecule has 3 heterocycles. The topological polar surface area (TPSA) is 107 Å².